The van der Waals surface area contributed by atoms with Crippen molar-refractivity contribution in [3.05, 3.63) is 12.2 Å². The number of methoxy groups -OCH3 is 3. The van der Waals surface area contributed by atoms with E-state index in [-0.39, 0.29) is 79.0 Å². The van der Waals surface area contributed by atoms with Crippen molar-refractivity contribution >= 4 is 11.9 Å². The monoisotopic (exact) mass is 651 g/mol. The van der Waals surface area contributed by atoms with Crippen molar-refractivity contribution in [1.29, 1.82) is 0 Å². The number of carboxylic acid groups (broad SMARTS) is 1. The van der Waals surface area contributed by atoms with Gasteiger partial charge in [0.25, 0.3) is 5.91 Å². The Morgan fingerprint density at radius 2 is 1.80 bits per heavy atom. The quantitative estimate of drug-likeness (QED) is 0.128. The fourth-order valence-corrected chi connectivity index (χ4v) is 6.68. The molecule has 3 aliphatic rings. The summed E-state index contributed by atoms with van der Waals surface area (Å²) < 4.78 is 41.9. The Morgan fingerprint density at radius 3 is 2.40 bits per heavy atom. The molecule has 0 bridgehead atoms. The van der Waals surface area contributed by atoms with Gasteiger partial charge < -0.3 is 53.5 Å². The number of rotatable bonds is 15. The number of hydrogen-bond donors (Lipinski definition) is 2. The van der Waals surface area contributed by atoms with Crippen LogP contribution >= 0.6 is 0 Å². The Kier molecular flexibility index (Phi) is 16.4. The molecule has 254 valence electrons. The fourth-order valence-electron chi connectivity index (χ4n) is 6.68. The number of allylic oxidation sites excluding steroid dienone is 1. The number of amides is 1. The minimum absolute atomic E-state index is 0. The number of carbonyl (C=O) groups is 2. The van der Waals surface area contributed by atoms with Gasteiger partial charge in [0.05, 0.1) is 24.4 Å². The predicted octanol–water partition coefficient (Wildman–Crippen LogP) is -0.939. The van der Waals surface area contributed by atoms with Crippen molar-refractivity contribution in [3.63, 3.8) is 0 Å². The molecule has 11 atom stereocenters. The summed E-state index contributed by atoms with van der Waals surface area (Å²) in [6, 6.07) is 0. The van der Waals surface area contributed by atoms with Crippen LogP contribution in [0.1, 0.15) is 79.6 Å². The number of carboxylic acids is 1. The molecule has 3 aliphatic heterocycles. The van der Waals surface area contributed by atoms with Gasteiger partial charge in [-0.1, -0.05) is 46.3 Å². The molecule has 0 spiro atoms. The number of ether oxygens (including phenoxy) is 7. The summed E-state index contributed by atoms with van der Waals surface area (Å²) in [4.78, 5) is 24.1. The third kappa shape index (κ3) is 9.95. The Labute approximate surface area is 290 Å². The molecule has 0 aliphatic carbocycles. The van der Waals surface area contributed by atoms with Crippen molar-refractivity contribution in [1.82, 2.24) is 5.32 Å². The number of unbranched alkanes of at least 4 members (excludes halogenated alkanes) is 3. The van der Waals surface area contributed by atoms with E-state index in [0.717, 1.165) is 19.3 Å². The van der Waals surface area contributed by atoms with Crippen LogP contribution < -0.4 is 40.0 Å². The number of aliphatic hydroxyl groups excluding tert-OH is 1. The Bertz CT molecular complexity index is 953. The molecule has 3 heterocycles. The van der Waals surface area contributed by atoms with E-state index in [4.69, 9.17) is 33.2 Å². The van der Waals surface area contributed by atoms with E-state index in [0.29, 0.717) is 19.3 Å². The van der Waals surface area contributed by atoms with E-state index in [2.05, 4.69) is 33.0 Å². The second-order valence-corrected chi connectivity index (χ2v) is 13.1. The van der Waals surface area contributed by atoms with Crippen molar-refractivity contribution in [2.45, 2.75) is 134 Å². The van der Waals surface area contributed by atoms with Crippen LogP contribution in [0.2, 0.25) is 0 Å². The first-order chi connectivity index (χ1) is 20.8. The average Bonchev–Trinajstić information content (AvgIpc) is 2.98. The standard InChI is InChI=1S/C32H55NO11.Na/c1-19-17-32(40-8,44-21(3)20(19)2)27(36)29(37)33-30-26-25(41-18-42-30)28(39-7)31(4,5)23(43-26)16-22(38-6)14-12-10-9-11-13-15-24(34)35;/h12,14,19-23,25-28,30,36H,9-11,13,15-18H2,1-8H3,(H,33,37)(H,34,35);/q;+1/p-1/b14-12+;/t19?,20-,21-,22-,23-,25+,26+,27-,28-,30-,32-;/m1./s1. The molecule has 0 aromatic rings. The van der Waals surface area contributed by atoms with Crippen molar-refractivity contribution in [3.8, 4) is 0 Å². The Hall–Kier alpha value is -0.640. The molecule has 12 nitrogen and oxygen atoms in total. The minimum atomic E-state index is -1.60. The Morgan fingerprint density at radius 1 is 1.09 bits per heavy atom. The van der Waals surface area contributed by atoms with Gasteiger partial charge in [0.2, 0.25) is 5.79 Å². The summed E-state index contributed by atoms with van der Waals surface area (Å²) in [6.45, 7) is 10.1. The molecule has 3 rings (SSSR count). The molecule has 0 aromatic carbocycles. The predicted molar refractivity (Wildman–Crippen MR) is 158 cm³/mol. The van der Waals surface area contributed by atoms with Crippen LogP contribution in [0.3, 0.4) is 0 Å². The topological polar surface area (TPSA) is 154 Å². The van der Waals surface area contributed by atoms with Crippen LogP contribution in [0.15, 0.2) is 12.2 Å². The van der Waals surface area contributed by atoms with Gasteiger partial charge in [-0.2, -0.15) is 0 Å². The van der Waals surface area contributed by atoms with Gasteiger partial charge in [-0.15, -0.1) is 0 Å². The number of hydrogen-bond acceptors (Lipinski definition) is 11. The first kappa shape index (κ1) is 40.5. The SMILES string of the molecule is CO[C@H](/C=C/CCCCCC(=O)[O-])C[C@H]1O[C@H]2[C@H](OCO[C@H]2NC(=O)[C@@H](O)[C@@]2(OC)CC(C)[C@@H](C)[C@@H](C)O2)[C@@H](OC)C1(C)C.[Na+]. The molecule has 1 amide bonds. The van der Waals surface area contributed by atoms with Gasteiger partial charge in [0.1, 0.15) is 19.0 Å². The number of aliphatic carboxylic acids is 1. The maximum atomic E-state index is 13.5. The zero-order valence-corrected chi connectivity index (χ0v) is 30.6. The normalized spacial score (nSPS) is 36.0. The molecule has 45 heavy (non-hydrogen) atoms. The zero-order valence-electron chi connectivity index (χ0n) is 28.6. The molecule has 0 radical (unpaired) electrons. The van der Waals surface area contributed by atoms with Crippen LogP contribution in [0.25, 0.3) is 0 Å². The molecular weight excluding hydrogens is 597 g/mol. The molecule has 0 saturated carbocycles. The van der Waals surface area contributed by atoms with Crippen LogP contribution in [0.4, 0.5) is 0 Å². The number of fused-ring (bicyclic) bond motifs is 1. The van der Waals surface area contributed by atoms with E-state index in [9.17, 15) is 19.8 Å². The van der Waals surface area contributed by atoms with Gasteiger partial charge in [-0.3, -0.25) is 4.79 Å². The summed E-state index contributed by atoms with van der Waals surface area (Å²) >= 11 is 0. The van der Waals surface area contributed by atoms with Crippen LogP contribution in [0.5, 0.6) is 0 Å². The summed E-state index contributed by atoms with van der Waals surface area (Å²) in [5, 5.41) is 24.7. The molecule has 1 unspecified atom stereocenters. The van der Waals surface area contributed by atoms with E-state index in [1.165, 1.54) is 7.11 Å². The third-order valence-corrected chi connectivity index (χ3v) is 9.84. The molecule has 0 aromatic heterocycles. The van der Waals surface area contributed by atoms with Crippen molar-refractivity contribution in [2.75, 3.05) is 28.1 Å². The van der Waals surface area contributed by atoms with E-state index >= 15 is 0 Å². The van der Waals surface area contributed by atoms with Gasteiger partial charge in [0.15, 0.2) is 12.3 Å². The van der Waals surface area contributed by atoms with Gasteiger partial charge in [0, 0.05) is 45.6 Å². The molecule has 3 fully saturated rings. The minimum Gasteiger partial charge on any atom is -0.550 e. The largest absolute Gasteiger partial charge is 1.00 e. The van der Waals surface area contributed by atoms with Crippen molar-refractivity contribution < 1.29 is 82.5 Å². The van der Waals surface area contributed by atoms with Crippen molar-refractivity contribution in [2.24, 2.45) is 17.3 Å². The second-order valence-electron chi connectivity index (χ2n) is 13.1. The molecular formula is C32H54NNaO11. The van der Waals surface area contributed by atoms with Crippen LogP contribution in [-0.2, 0) is 42.7 Å². The Balaban J connectivity index is 0.00000705. The van der Waals surface area contributed by atoms with E-state index in [1.54, 1.807) is 14.2 Å². The second kappa shape index (κ2) is 18.2. The maximum Gasteiger partial charge on any atom is 1.00 e. The van der Waals surface area contributed by atoms with Gasteiger partial charge >= 0.3 is 29.6 Å². The average molecular weight is 652 g/mol. The zero-order chi connectivity index (χ0) is 32.7. The molecule has 2 N–H and O–H groups in total. The van der Waals surface area contributed by atoms with E-state index in [1.807, 2.05) is 19.1 Å². The summed E-state index contributed by atoms with van der Waals surface area (Å²) in [6.07, 6.45) is 3.04. The summed E-state index contributed by atoms with van der Waals surface area (Å²) in [7, 11) is 4.70. The summed E-state index contributed by atoms with van der Waals surface area (Å²) in [5.41, 5.74) is -0.490. The van der Waals surface area contributed by atoms with Crippen LogP contribution in [0, 0.1) is 17.3 Å². The first-order valence-corrected chi connectivity index (χ1v) is 15.8. The molecule has 3 saturated heterocycles. The first-order valence-electron chi connectivity index (χ1n) is 15.8. The number of carbonyl (C=O) groups excluding carboxylic acids is 2. The number of aliphatic hydroxyl groups is 1. The van der Waals surface area contributed by atoms with Crippen LogP contribution in [-0.4, -0.2) is 99.8 Å². The fraction of sp³-hybridized carbons (Fsp3) is 0.875. The maximum absolute atomic E-state index is 13.5. The third-order valence-electron chi connectivity index (χ3n) is 9.84. The van der Waals surface area contributed by atoms with E-state index < -0.39 is 47.6 Å². The summed E-state index contributed by atoms with van der Waals surface area (Å²) in [5.74, 6) is -2.80. The van der Waals surface area contributed by atoms with Gasteiger partial charge in [-0.25, -0.2) is 0 Å². The number of nitrogens with one attached hydrogen (secondary N) is 1. The molecule has 13 heteroatoms. The smallest absolute Gasteiger partial charge is 0.550 e. The van der Waals surface area contributed by atoms with Gasteiger partial charge in [-0.05, 0) is 44.4 Å².